The van der Waals surface area contributed by atoms with Crippen LogP contribution in [0.5, 0.6) is 0 Å². The van der Waals surface area contributed by atoms with E-state index in [4.69, 9.17) is 11.6 Å². The molecule has 0 saturated heterocycles. The molecular weight excluding hydrogens is 422 g/mol. The lowest BCUT2D eigenvalue weighted by Gasteiger charge is -2.03. The standard InChI is InChI=1S/C11H5BrClIOS/c12-8-2-1-6(14)5-7(8)10(15)11-9(13)3-4-16-11/h1-5H. The fourth-order valence-electron chi connectivity index (χ4n) is 1.25. The van der Waals surface area contributed by atoms with E-state index in [9.17, 15) is 4.79 Å². The first-order chi connectivity index (χ1) is 7.59. The van der Waals surface area contributed by atoms with Crippen molar-refractivity contribution in [3.63, 3.8) is 0 Å². The quantitative estimate of drug-likeness (QED) is 0.487. The van der Waals surface area contributed by atoms with Crippen molar-refractivity contribution in [3.8, 4) is 0 Å². The van der Waals surface area contributed by atoms with E-state index in [0.717, 1.165) is 8.04 Å². The summed E-state index contributed by atoms with van der Waals surface area (Å²) in [4.78, 5) is 12.8. The zero-order chi connectivity index (χ0) is 11.7. The summed E-state index contributed by atoms with van der Waals surface area (Å²) < 4.78 is 1.82. The van der Waals surface area contributed by atoms with Crippen LogP contribution < -0.4 is 0 Å². The molecule has 0 unspecified atom stereocenters. The Morgan fingerprint density at radius 2 is 2.12 bits per heavy atom. The number of benzene rings is 1. The second-order valence-corrected chi connectivity index (χ2v) is 6.47. The van der Waals surface area contributed by atoms with Gasteiger partial charge in [-0.05, 0) is 52.2 Å². The number of halogens is 3. The van der Waals surface area contributed by atoms with Crippen molar-refractivity contribution in [2.45, 2.75) is 0 Å². The molecule has 0 fully saturated rings. The van der Waals surface area contributed by atoms with E-state index in [1.54, 1.807) is 6.07 Å². The third kappa shape index (κ3) is 2.50. The number of thiophene rings is 1. The molecule has 5 heteroatoms. The molecule has 0 radical (unpaired) electrons. The summed E-state index contributed by atoms with van der Waals surface area (Å²) in [5.41, 5.74) is 0.649. The van der Waals surface area contributed by atoms with E-state index in [2.05, 4.69) is 38.5 Å². The number of hydrogen-bond donors (Lipinski definition) is 0. The van der Waals surface area contributed by atoms with Crippen molar-refractivity contribution < 1.29 is 4.79 Å². The van der Waals surface area contributed by atoms with Crippen LogP contribution in [0, 0.1) is 3.57 Å². The summed E-state index contributed by atoms with van der Waals surface area (Å²) in [6, 6.07) is 7.40. The van der Waals surface area contributed by atoms with Crippen LogP contribution >= 0.6 is 61.5 Å². The SMILES string of the molecule is O=C(c1cc(I)ccc1Br)c1sccc1Cl. The first-order valence-corrected chi connectivity index (χ1v) is 7.45. The zero-order valence-corrected chi connectivity index (χ0v) is 13.2. The normalized spacial score (nSPS) is 10.4. The molecule has 0 saturated carbocycles. The molecule has 0 bridgehead atoms. The van der Waals surface area contributed by atoms with Crippen molar-refractivity contribution in [2.24, 2.45) is 0 Å². The molecule has 0 aliphatic carbocycles. The first-order valence-electron chi connectivity index (χ1n) is 4.32. The molecule has 1 aromatic carbocycles. The molecule has 82 valence electrons. The number of hydrogen-bond acceptors (Lipinski definition) is 2. The molecule has 1 heterocycles. The predicted octanol–water partition coefficient (Wildman–Crippen LogP) is 5.00. The Hall–Kier alpha value is 0.0900. The smallest absolute Gasteiger partial charge is 0.205 e. The molecule has 0 N–H and O–H groups in total. The number of carbonyl (C=O) groups is 1. The van der Waals surface area contributed by atoms with Crippen LogP contribution in [-0.4, -0.2) is 5.78 Å². The van der Waals surface area contributed by atoms with Gasteiger partial charge in [0.25, 0.3) is 0 Å². The van der Waals surface area contributed by atoms with Crippen molar-refractivity contribution in [3.05, 3.63) is 53.2 Å². The molecule has 0 amide bonds. The van der Waals surface area contributed by atoms with E-state index in [1.807, 2.05) is 23.6 Å². The zero-order valence-electron chi connectivity index (χ0n) is 7.84. The van der Waals surface area contributed by atoms with Gasteiger partial charge in [0.05, 0.1) is 9.90 Å². The lowest BCUT2D eigenvalue weighted by Crippen LogP contribution is -2.01. The van der Waals surface area contributed by atoms with Gasteiger partial charge < -0.3 is 0 Å². The van der Waals surface area contributed by atoms with Crippen molar-refractivity contribution in [1.82, 2.24) is 0 Å². The number of rotatable bonds is 2. The van der Waals surface area contributed by atoms with Gasteiger partial charge in [-0.1, -0.05) is 27.5 Å². The molecule has 0 atom stereocenters. The number of carbonyl (C=O) groups excluding carboxylic acids is 1. The minimum Gasteiger partial charge on any atom is -0.288 e. The summed E-state index contributed by atoms with van der Waals surface area (Å²) in [6.45, 7) is 0. The van der Waals surface area contributed by atoms with Gasteiger partial charge in [0.2, 0.25) is 5.78 Å². The Morgan fingerprint density at radius 3 is 2.75 bits per heavy atom. The molecule has 16 heavy (non-hydrogen) atoms. The maximum absolute atomic E-state index is 12.2. The summed E-state index contributed by atoms with van der Waals surface area (Å²) in [7, 11) is 0. The summed E-state index contributed by atoms with van der Waals surface area (Å²) in [6.07, 6.45) is 0. The van der Waals surface area contributed by atoms with Gasteiger partial charge in [-0.15, -0.1) is 11.3 Å². The van der Waals surface area contributed by atoms with Crippen LogP contribution in [0.25, 0.3) is 0 Å². The highest BCUT2D eigenvalue weighted by Crippen LogP contribution is 2.28. The fourth-order valence-corrected chi connectivity index (χ4v) is 3.26. The van der Waals surface area contributed by atoms with Crippen LogP contribution in [0.2, 0.25) is 5.02 Å². The minimum atomic E-state index is -0.0367. The number of ketones is 1. The Bertz CT molecular complexity index is 553. The topological polar surface area (TPSA) is 17.1 Å². The van der Waals surface area contributed by atoms with E-state index in [-0.39, 0.29) is 5.78 Å². The monoisotopic (exact) mass is 426 g/mol. The van der Waals surface area contributed by atoms with E-state index in [0.29, 0.717) is 15.5 Å². The van der Waals surface area contributed by atoms with E-state index >= 15 is 0 Å². The van der Waals surface area contributed by atoms with Crippen molar-refractivity contribution >= 4 is 67.2 Å². The van der Waals surface area contributed by atoms with Crippen LogP contribution in [0.3, 0.4) is 0 Å². The molecular formula is C11H5BrClIOS. The van der Waals surface area contributed by atoms with Gasteiger partial charge in [0, 0.05) is 13.6 Å². The highest BCUT2D eigenvalue weighted by Gasteiger charge is 2.17. The molecule has 1 nitrogen and oxygen atoms in total. The Kier molecular flexibility index (Phi) is 4.05. The van der Waals surface area contributed by atoms with Crippen LogP contribution in [0.15, 0.2) is 34.1 Å². The largest absolute Gasteiger partial charge is 0.288 e. The second-order valence-electron chi connectivity index (χ2n) is 3.05. The van der Waals surface area contributed by atoms with Crippen LogP contribution in [0.4, 0.5) is 0 Å². The Labute approximate surface area is 124 Å². The van der Waals surface area contributed by atoms with Crippen LogP contribution in [0.1, 0.15) is 15.2 Å². The Balaban J connectivity index is 2.49. The average molecular weight is 427 g/mol. The molecule has 0 aliphatic rings. The predicted molar refractivity (Wildman–Crippen MR) is 79.6 cm³/mol. The first kappa shape index (κ1) is 12.5. The van der Waals surface area contributed by atoms with Crippen molar-refractivity contribution in [2.75, 3.05) is 0 Å². The molecule has 2 aromatic rings. The lowest BCUT2D eigenvalue weighted by molar-refractivity contribution is 0.104. The highest BCUT2D eigenvalue weighted by molar-refractivity contribution is 14.1. The third-order valence-electron chi connectivity index (χ3n) is 2.00. The maximum atomic E-state index is 12.2. The minimum absolute atomic E-state index is 0.0367. The summed E-state index contributed by atoms with van der Waals surface area (Å²) in [5, 5.41) is 2.33. The second kappa shape index (κ2) is 5.16. The molecule has 0 aliphatic heterocycles. The lowest BCUT2D eigenvalue weighted by atomic mass is 10.1. The van der Waals surface area contributed by atoms with Crippen LogP contribution in [-0.2, 0) is 0 Å². The third-order valence-corrected chi connectivity index (χ3v) is 4.70. The van der Waals surface area contributed by atoms with E-state index in [1.165, 1.54) is 11.3 Å². The molecule has 0 spiro atoms. The van der Waals surface area contributed by atoms with Gasteiger partial charge >= 0.3 is 0 Å². The van der Waals surface area contributed by atoms with Gasteiger partial charge in [-0.25, -0.2) is 0 Å². The molecule has 1 aromatic heterocycles. The summed E-state index contributed by atoms with van der Waals surface area (Å²) >= 11 is 12.9. The van der Waals surface area contributed by atoms with E-state index < -0.39 is 0 Å². The fraction of sp³-hybridized carbons (Fsp3) is 0. The van der Waals surface area contributed by atoms with Gasteiger partial charge in [-0.3, -0.25) is 4.79 Å². The summed E-state index contributed by atoms with van der Waals surface area (Å²) in [5.74, 6) is -0.0367. The van der Waals surface area contributed by atoms with Crippen molar-refractivity contribution in [1.29, 1.82) is 0 Å². The Morgan fingerprint density at radius 1 is 1.38 bits per heavy atom. The highest BCUT2D eigenvalue weighted by atomic mass is 127. The average Bonchev–Trinajstić information content (AvgIpc) is 2.67. The van der Waals surface area contributed by atoms with Gasteiger partial charge in [0.15, 0.2) is 0 Å². The van der Waals surface area contributed by atoms with Gasteiger partial charge in [0.1, 0.15) is 0 Å². The van der Waals surface area contributed by atoms with Gasteiger partial charge in [-0.2, -0.15) is 0 Å². The maximum Gasteiger partial charge on any atom is 0.205 e. The molecule has 2 rings (SSSR count).